The zero-order chi connectivity index (χ0) is 27.8. The largest absolute Gasteiger partial charge is 0.433 e. The number of halogens is 6. The molecule has 0 saturated heterocycles. The Kier molecular flexibility index (Phi) is 7.37. The monoisotopic (exact) mass is 538 g/mol. The van der Waals surface area contributed by atoms with Crippen LogP contribution in [0.25, 0.3) is 10.9 Å². The number of benzene rings is 2. The Labute approximate surface area is 214 Å². The number of nitrogens with one attached hydrogen (secondary N) is 2. The van der Waals surface area contributed by atoms with Crippen LogP contribution in [-0.2, 0) is 34.9 Å². The lowest BCUT2D eigenvalue weighted by atomic mass is 10.0. The maximum Gasteiger partial charge on any atom is 0.433 e. The molecule has 0 spiro atoms. The Hall–Kier alpha value is -3.67. The molecule has 2 unspecified atom stereocenters. The number of carbonyl (C=O) groups is 2. The van der Waals surface area contributed by atoms with Gasteiger partial charge in [0.15, 0.2) is 0 Å². The van der Waals surface area contributed by atoms with Crippen LogP contribution in [0.2, 0.25) is 0 Å². The molecule has 2 N–H and O–H groups in total. The summed E-state index contributed by atoms with van der Waals surface area (Å²) in [5, 5.41) is 5.29. The van der Waals surface area contributed by atoms with E-state index in [2.05, 4.69) is 15.6 Å². The minimum atomic E-state index is -4.87. The van der Waals surface area contributed by atoms with Gasteiger partial charge in [-0.05, 0) is 68.3 Å². The summed E-state index contributed by atoms with van der Waals surface area (Å²) in [5.41, 5.74) is -1.67. The lowest BCUT2D eigenvalue weighted by molar-refractivity contribution is -0.141. The van der Waals surface area contributed by atoms with Gasteiger partial charge in [0.05, 0.1) is 23.7 Å². The van der Waals surface area contributed by atoms with Crippen LogP contribution in [0, 0.1) is 0 Å². The summed E-state index contributed by atoms with van der Waals surface area (Å²) >= 11 is 0. The normalized spacial score (nSPS) is 17.2. The Balaban J connectivity index is 1.84. The number of aromatic nitrogens is 1. The number of aryl methyl sites for hydroxylation is 1. The van der Waals surface area contributed by atoms with Crippen LogP contribution in [0.1, 0.15) is 35.7 Å². The zero-order valence-corrected chi connectivity index (χ0v) is 20.4. The van der Waals surface area contributed by atoms with Gasteiger partial charge in [-0.15, -0.1) is 0 Å². The fourth-order valence-corrected chi connectivity index (χ4v) is 4.36. The van der Waals surface area contributed by atoms with E-state index in [9.17, 15) is 35.9 Å². The molecule has 0 fully saturated rings. The Bertz CT molecular complexity index is 1370. The van der Waals surface area contributed by atoms with Crippen LogP contribution in [-0.4, -0.2) is 35.9 Å². The van der Waals surface area contributed by atoms with E-state index in [1.165, 1.54) is 4.90 Å². The molecule has 1 aliphatic heterocycles. The second-order valence-corrected chi connectivity index (χ2v) is 9.06. The SMILES string of the molecule is CNC(C)C(=O)NC1CCc2ccccc2N(Cc2cc(C(F)(F)F)nc3ccc(C(F)(F)F)cc23)C1=O. The highest BCUT2D eigenvalue weighted by Gasteiger charge is 2.37. The van der Waals surface area contributed by atoms with Crippen LogP contribution in [0.5, 0.6) is 0 Å². The fraction of sp³-hybridized carbons (Fsp3) is 0.346. The van der Waals surface area contributed by atoms with Gasteiger partial charge in [-0.1, -0.05) is 18.2 Å². The number of anilines is 1. The first-order chi connectivity index (χ1) is 17.8. The molecule has 3 aromatic rings. The van der Waals surface area contributed by atoms with Gasteiger partial charge < -0.3 is 15.5 Å². The molecule has 2 amide bonds. The van der Waals surface area contributed by atoms with Gasteiger partial charge in [-0.3, -0.25) is 9.59 Å². The van der Waals surface area contributed by atoms with Crippen molar-refractivity contribution in [1.82, 2.24) is 15.6 Å². The third kappa shape index (κ3) is 5.59. The van der Waals surface area contributed by atoms with Crippen molar-refractivity contribution in [3.8, 4) is 0 Å². The number of para-hydroxylation sites is 1. The van der Waals surface area contributed by atoms with Gasteiger partial charge in [0.25, 0.3) is 0 Å². The quantitative estimate of drug-likeness (QED) is 0.456. The van der Waals surface area contributed by atoms with E-state index < -0.39 is 54.1 Å². The van der Waals surface area contributed by atoms with Crippen molar-refractivity contribution in [3.05, 3.63) is 70.9 Å². The molecule has 4 rings (SSSR count). The van der Waals surface area contributed by atoms with E-state index in [0.29, 0.717) is 29.8 Å². The van der Waals surface area contributed by atoms with E-state index in [0.717, 1.165) is 12.1 Å². The molecule has 2 heterocycles. The number of nitrogens with zero attached hydrogens (tertiary/aromatic N) is 2. The van der Waals surface area contributed by atoms with E-state index in [1.807, 2.05) is 0 Å². The highest BCUT2D eigenvalue weighted by molar-refractivity contribution is 6.01. The summed E-state index contributed by atoms with van der Waals surface area (Å²) in [6, 6.07) is 8.11. The van der Waals surface area contributed by atoms with Crippen molar-refractivity contribution in [1.29, 1.82) is 0 Å². The predicted octanol–water partition coefficient (Wildman–Crippen LogP) is 4.84. The molecule has 0 aliphatic carbocycles. The number of hydrogen-bond donors (Lipinski definition) is 2. The zero-order valence-electron chi connectivity index (χ0n) is 20.4. The molecular formula is C26H24F6N4O2. The highest BCUT2D eigenvalue weighted by atomic mass is 19.4. The molecule has 0 saturated carbocycles. The van der Waals surface area contributed by atoms with Crippen LogP contribution in [0.15, 0.2) is 48.5 Å². The van der Waals surface area contributed by atoms with E-state index in [4.69, 9.17) is 0 Å². The summed E-state index contributed by atoms with van der Waals surface area (Å²) in [5.74, 6) is -1.03. The lowest BCUT2D eigenvalue weighted by Gasteiger charge is -2.28. The van der Waals surface area contributed by atoms with Gasteiger partial charge in [0.2, 0.25) is 11.8 Å². The van der Waals surface area contributed by atoms with Crippen molar-refractivity contribution in [2.24, 2.45) is 0 Å². The maximum absolute atomic E-state index is 13.7. The fourth-order valence-electron chi connectivity index (χ4n) is 4.36. The number of hydrogen-bond acceptors (Lipinski definition) is 4. The van der Waals surface area contributed by atoms with Crippen molar-refractivity contribution in [2.75, 3.05) is 11.9 Å². The van der Waals surface area contributed by atoms with E-state index in [1.54, 1.807) is 38.2 Å². The average Bonchev–Trinajstić information content (AvgIpc) is 2.99. The molecule has 0 bridgehead atoms. The number of likely N-dealkylation sites (N-methyl/N-ethyl adjacent to an activating group) is 1. The number of pyridine rings is 1. The summed E-state index contributed by atoms with van der Waals surface area (Å²) in [6.45, 7) is 1.14. The van der Waals surface area contributed by atoms with Gasteiger partial charge in [-0.25, -0.2) is 4.98 Å². The molecule has 2 aromatic carbocycles. The summed E-state index contributed by atoms with van der Waals surface area (Å²) in [7, 11) is 1.57. The summed E-state index contributed by atoms with van der Waals surface area (Å²) in [6.07, 6.45) is -8.98. The second-order valence-electron chi connectivity index (χ2n) is 9.06. The molecule has 202 valence electrons. The van der Waals surface area contributed by atoms with Crippen LogP contribution in [0.4, 0.5) is 32.0 Å². The Morgan fingerprint density at radius 2 is 1.79 bits per heavy atom. The standard InChI is InChI=1S/C26H24F6N4O2/c1-14(33-2)23(37)35-20-9-7-15-5-3-4-6-21(15)36(24(20)38)13-16-11-22(26(30,31)32)34-19-10-8-17(12-18(16)19)25(27,28)29/h3-6,8,10-12,14,20,33H,7,9,13H2,1-2H3,(H,35,37). The van der Waals surface area contributed by atoms with E-state index >= 15 is 0 Å². The third-order valence-corrected chi connectivity index (χ3v) is 6.53. The number of amides is 2. The Morgan fingerprint density at radius 1 is 1.08 bits per heavy atom. The topological polar surface area (TPSA) is 74.3 Å². The smallest absolute Gasteiger partial charge is 0.343 e. The second kappa shape index (κ2) is 10.2. The minimum absolute atomic E-state index is 0.160. The first kappa shape index (κ1) is 27.4. The van der Waals surface area contributed by atoms with Crippen LogP contribution < -0.4 is 15.5 Å². The van der Waals surface area contributed by atoms with Gasteiger partial charge in [0.1, 0.15) is 11.7 Å². The predicted molar refractivity (Wildman–Crippen MR) is 128 cm³/mol. The molecule has 1 aromatic heterocycles. The Morgan fingerprint density at radius 3 is 2.45 bits per heavy atom. The first-order valence-electron chi connectivity index (χ1n) is 11.7. The molecule has 38 heavy (non-hydrogen) atoms. The van der Waals surface area contributed by atoms with Crippen molar-refractivity contribution < 1.29 is 35.9 Å². The van der Waals surface area contributed by atoms with Gasteiger partial charge in [-0.2, -0.15) is 26.3 Å². The number of carbonyl (C=O) groups excluding carboxylic acids is 2. The van der Waals surface area contributed by atoms with Gasteiger partial charge >= 0.3 is 12.4 Å². The average molecular weight is 538 g/mol. The molecular weight excluding hydrogens is 514 g/mol. The minimum Gasteiger partial charge on any atom is -0.343 e. The van der Waals surface area contributed by atoms with E-state index in [-0.39, 0.29) is 22.9 Å². The number of rotatable bonds is 5. The third-order valence-electron chi connectivity index (χ3n) is 6.53. The van der Waals surface area contributed by atoms with Crippen molar-refractivity contribution >= 4 is 28.4 Å². The van der Waals surface area contributed by atoms with Crippen molar-refractivity contribution in [3.63, 3.8) is 0 Å². The van der Waals surface area contributed by atoms with Crippen LogP contribution >= 0.6 is 0 Å². The summed E-state index contributed by atoms with van der Waals surface area (Å²) < 4.78 is 81.3. The molecule has 2 atom stereocenters. The van der Waals surface area contributed by atoms with Crippen molar-refractivity contribution in [2.45, 2.75) is 50.7 Å². The van der Waals surface area contributed by atoms with Gasteiger partial charge in [0, 0.05) is 11.1 Å². The first-order valence-corrected chi connectivity index (χ1v) is 11.7. The number of fused-ring (bicyclic) bond motifs is 2. The highest BCUT2D eigenvalue weighted by Crippen LogP contribution is 2.36. The van der Waals surface area contributed by atoms with Crippen LogP contribution in [0.3, 0.4) is 0 Å². The lowest BCUT2D eigenvalue weighted by Crippen LogP contribution is -2.52. The molecule has 12 heteroatoms. The molecule has 1 aliphatic rings. The maximum atomic E-state index is 13.7. The molecule has 6 nitrogen and oxygen atoms in total. The number of alkyl halides is 6. The summed E-state index contributed by atoms with van der Waals surface area (Å²) in [4.78, 5) is 30.9. The molecule has 0 radical (unpaired) electrons.